The molecule has 0 aliphatic carbocycles. The van der Waals surface area contributed by atoms with Gasteiger partial charge < -0.3 is 14.0 Å². The zero-order valence-electron chi connectivity index (χ0n) is 14.8. The maximum atomic E-state index is 12.1. The minimum atomic E-state index is -0.264. The third kappa shape index (κ3) is 3.64. The van der Waals surface area contributed by atoms with E-state index in [-0.39, 0.29) is 12.3 Å². The molecule has 0 aliphatic heterocycles. The van der Waals surface area contributed by atoms with Crippen molar-refractivity contribution in [1.82, 2.24) is 20.0 Å². The Morgan fingerprint density at radius 2 is 2.08 bits per heavy atom. The minimum Gasteiger partial charge on any atom is -0.493 e. The first-order valence-electron chi connectivity index (χ1n) is 7.92. The summed E-state index contributed by atoms with van der Waals surface area (Å²) in [5.41, 5.74) is 4.77. The molecule has 0 aliphatic rings. The van der Waals surface area contributed by atoms with Crippen LogP contribution in [0.15, 0.2) is 41.6 Å². The molecule has 0 fully saturated rings. The highest BCUT2D eigenvalue weighted by Gasteiger charge is 2.11. The molecule has 2 heterocycles. The topological polar surface area (TPSA) is 90.6 Å². The molecular weight excluding hydrogens is 334 g/mol. The molecular formula is C18H19N5O3. The summed E-state index contributed by atoms with van der Waals surface area (Å²) in [6, 6.07) is 9.10. The van der Waals surface area contributed by atoms with Crippen molar-refractivity contribution < 1.29 is 14.3 Å². The number of fused-ring (bicyclic) bond motifs is 1. The van der Waals surface area contributed by atoms with E-state index < -0.39 is 0 Å². The van der Waals surface area contributed by atoms with Crippen LogP contribution in [-0.2, 0) is 18.3 Å². The molecule has 0 atom stereocenters. The van der Waals surface area contributed by atoms with Crippen molar-refractivity contribution in [2.45, 2.75) is 6.42 Å². The third-order valence-electron chi connectivity index (χ3n) is 3.88. The average Bonchev–Trinajstić information content (AvgIpc) is 2.97. The van der Waals surface area contributed by atoms with Gasteiger partial charge in [-0.1, -0.05) is 0 Å². The summed E-state index contributed by atoms with van der Waals surface area (Å²) in [4.78, 5) is 20.7. The molecule has 0 bridgehead atoms. The monoisotopic (exact) mass is 353 g/mol. The molecule has 8 heteroatoms. The fourth-order valence-corrected chi connectivity index (χ4v) is 2.53. The van der Waals surface area contributed by atoms with Crippen molar-refractivity contribution in [3.8, 4) is 11.5 Å². The molecule has 134 valence electrons. The summed E-state index contributed by atoms with van der Waals surface area (Å²) in [6.45, 7) is 0. The Balaban J connectivity index is 1.65. The molecule has 0 radical (unpaired) electrons. The number of pyridine rings is 1. The highest BCUT2D eigenvalue weighted by atomic mass is 16.5. The largest absolute Gasteiger partial charge is 0.493 e. The number of aryl methyl sites for hydroxylation is 1. The fourth-order valence-electron chi connectivity index (χ4n) is 2.53. The molecule has 0 spiro atoms. The lowest BCUT2D eigenvalue weighted by atomic mass is 10.2. The van der Waals surface area contributed by atoms with E-state index in [4.69, 9.17) is 9.47 Å². The SMILES string of the molecule is COc1ccc(/C=N/NC(=O)Cc2nc3ncccc3n2C)cc1OC. The van der Waals surface area contributed by atoms with E-state index in [0.717, 1.165) is 11.1 Å². The zero-order valence-corrected chi connectivity index (χ0v) is 14.8. The quantitative estimate of drug-likeness (QED) is 0.538. The summed E-state index contributed by atoms with van der Waals surface area (Å²) < 4.78 is 12.3. The van der Waals surface area contributed by atoms with Crippen LogP contribution in [-0.4, -0.2) is 40.9 Å². The number of aromatic nitrogens is 3. The zero-order chi connectivity index (χ0) is 18.5. The van der Waals surface area contributed by atoms with Crippen LogP contribution in [0.3, 0.4) is 0 Å². The Morgan fingerprint density at radius 1 is 1.27 bits per heavy atom. The van der Waals surface area contributed by atoms with Gasteiger partial charge in [0.1, 0.15) is 5.82 Å². The lowest BCUT2D eigenvalue weighted by Crippen LogP contribution is -2.21. The van der Waals surface area contributed by atoms with E-state index >= 15 is 0 Å². The van der Waals surface area contributed by atoms with Gasteiger partial charge in [0.05, 0.1) is 32.4 Å². The second-order valence-corrected chi connectivity index (χ2v) is 5.52. The van der Waals surface area contributed by atoms with Gasteiger partial charge in [-0.25, -0.2) is 15.4 Å². The highest BCUT2D eigenvalue weighted by Crippen LogP contribution is 2.26. The molecule has 2 aromatic heterocycles. The number of methoxy groups -OCH3 is 2. The maximum Gasteiger partial charge on any atom is 0.247 e. The summed E-state index contributed by atoms with van der Waals surface area (Å²) in [5.74, 6) is 1.58. The molecule has 1 aromatic carbocycles. The number of benzene rings is 1. The number of nitrogens with one attached hydrogen (secondary N) is 1. The molecule has 1 N–H and O–H groups in total. The summed E-state index contributed by atoms with van der Waals surface area (Å²) in [7, 11) is 4.99. The van der Waals surface area contributed by atoms with Crippen LogP contribution in [0, 0.1) is 0 Å². The van der Waals surface area contributed by atoms with Gasteiger partial charge in [-0.3, -0.25) is 4.79 Å². The van der Waals surface area contributed by atoms with E-state index in [9.17, 15) is 4.79 Å². The van der Waals surface area contributed by atoms with Crippen molar-refractivity contribution in [2.24, 2.45) is 12.1 Å². The summed E-state index contributed by atoms with van der Waals surface area (Å²) in [5, 5.41) is 3.98. The standard InChI is InChI=1S/C18H19N5O3/c1-23-13-5-4-8-19-18(13)21-16(23)10-17(24)22-20-11-12-6-7-14(25-2)15(9-12)26-3/h4-9,11H,10H2,1-3H3,(H,22,24)/b20-11+. The number of hydrogen-bond acceptors (Lipinski definition) is 6. The molecule has 0 unspecified atom stereocenters. The van der Waals surface area contributed by atoms with Gasteiger partial charge in [0.15, 0.2) is 17.1 Å². The van der Waals surface area contributed by atoms with Crippen LogP contribution in [0.2, 0.25) is 0 Å². The fraction of sp³-hybridized carbons (Fsp3) is 0.222. The Hall–Kier alpha value is -3.42. The maximum absolute atomic E-state index is 12.1. The smallest absolute Gasteiger partial charge is 0.247 e. The number of hydrogen-bond donors (Lipinski definition) is 1. The Morgan fingerprint density at radius 3 is 2.81 bits per heavy atom. The van der Waals surface area contributed by atoms with E-state index in [2.05, 4.69) is 20.5 Å². The van der Waals surface area contributed by atoms with Gasteiger partial charge in [-0.2, -0.15) is 5.10 Å². The van der Waals surface area contributed by atoms with Crippen LogP contribution >= 0.6 is 0 Å². The Kier molecular flexibility index (Phi) is 5.12. The van der Waals surface area contributed by atoms with Gasteiger partial charge in [0.2, 0.25) is 5.91 Å². The summed E-state index contributed by atoms with van der Waals surface area (Å²) >= 11 is 0. The van der Waals surface area contributed by atoms with E-state index in [1.165, 1.54) is 6.21 Å². The summed E-state index contributed by atoms with van der Waals surface area (Å²) in [6.07, 6.45) is 3.32. The molecule has 1 amide bonds. The second kappa shape index (κ2) is 7.64. The van der Waals surface area contributed by atoms with Crippen molar-refractivity contribution >= 4 is 23.3 Å². The molecule has 26 heavy (non-hydrogen) atoms. The second-order valence-electron chi connectivity index (χ2n) is 5.52. The highest BCUT2D eigenvalue weighted by molar-refractivity contribution is 5.84. The number of imidazole rings is 1. The first kappa shape index (κ1) is 17.4. The molecule has 8 nitrogen and oxygen atoms in total. The Labute approximate surface area is 150 Å². The predicted octanol–water partition coefficient (Wildman–Crippen LogP) is 1.68. The number of carbonyl (C=O) groups excluding carboxylic acids is 1. The van der Waals surface area contributed by atoms with Gasteiger partial charge in [0.25, 0.3) is 0 Å². The number of amides is 1. The molecule has 0 saturated carbocycles. The predicted molar refractivity (Wildman–Crippen MR) is 97.5 cm³/mol. The van der Waals surface area contributed by atoms with Gasteiger partial charge in [-0.05, 0) is 35.9 Å². The average molecular weight is 353 g/mol. The van der Waals surface area contributed by atoms with Crippen molar-refractivity contribution in [2.75, 3.05) is 14.2 Å². The lowest BCUT2D eigenvalue weighted by Gasteiger charge is -2.07. The lowest BCUT2D eigenvalue weighted by molar-refractivity contribution is -0.120. The van der Waals surface area contributed by atoms with Crippen LogP contribution in [0.1, 0.15) is 11.4 Å². The molecule has 3 aromatic rings. The van der Waals surface area contributed by atoms with Crippen molar-refractivity contribution in [1.29, 1.82) is 0 Å². The third-order valence-corrected chi connectivity index (χ3v) is 3.88. The van der Waals surface area contributed by atoms with E-state index in [0.29, 0.717) is 23.0 Å². The van der Waals surface area contributed by atoms with Crippen LogP contribution in [0.25, 0.3) is 11.2 Å². The van der Waals surface area contributed by atoms with Crippen LogP contribution in [0.5, 0.6) is 11.5 Å². The van der Waals surface area contributed by atoms with Crippen molar-refractivity contribution in [3.05, 3.63) is 47.9 Å². The van der Waals surface area contributed by atoms with Gasteiger partial charge >= 0.3 is 0 Å². The Bertz CT molecular complexity index is 965. The number of carbonyl (C=O) groups is 1. The van der Waals surface area contributed by atoms with Gasteiger partial charge in [0, 0.05) is 13.2 Å². The van der Waals surface area contributed by atoms with E-state index in [1.807, 2.05) is 29.8 Å². The van der Waals surface area contributed by atoms with E-state index in [1.54, 1.807) is 32.5 Å². The molecule has 3 rings (SSSR count). The normalized spacial score (nSPS) is 11.0. The number of ether oxygens (including phenoxy) is 2. The first-order chi connectivity index (χ1) is 12.6. The van der Waals surface area contributed by atoms with Crippen molar-refractivity contribution in [3.63, 3.8) is 0 Å². The van der Waals surface area contributed by atoms with Gasteiger partial charge in [-0.15, -0.1) is 0 Å². The number of hydrazone groups is 1. The van der Waals surface area contributed by atoms with Crippen LogP contribution < -0.4 is 14.9 Å². The number of rotatable bonds is 6. The number of nitrogens with zero attached hydrogens (tertiary/aromatic N) is 4. The molecule has 0 saturated heterocycles. The first-order valence-corrected chi connectivity index (χ1v) is 7.92. The van der Waals surface area contributed by atoms with Crippen LogP contribution in [0.4, 0.5) is 0 Å². The minimum absolute atomic E-state index is 0.107.